The number of hydrogen-bond acceptors (Lipinski definition) is 2. The molecule has 2 aromatic rings. The number of nitrogens with zero attached hydrogens (tertiary/aromatic N) is 1. The summed E-state index contributed by atoms with van der Waals surface area (Å²) in [5, 5.41) is 0.562. The van der Waals surface area contributed by atoms with Gasteiger partial charge >= 0.3 is 0 Å². The Labute approximate surface area is 119 Å². The van der Waals surface area contributed by atoms with E-state index in [2.05, 4.69) is 24.0 Å². The molecule has 0 amide bonds. The van der Waals surface area contributed by atoms with E-state index in [1.165, 1.54) is 11.1 Å². The molecule has 0 unspecified atom stereocenters. The molecule has 0 fully saturated rings. The zero-order chi connectivity index (χ0) is 13.7. The Hall–Kier alpha value is -1.54. The summed E-state index contributed by atoms with van der Waals surface area (Å²) in [5.41, 5.74) is 2.54. The second-order valence-electron chi connectivity index (χ2n) is 4.70. The molecule has 1 atom stereocenters. The molecule has 0 saturated heterocycles. The Balaban J connectivity index is 1.99. The third-order valence-corrected chi connectivity index (χ3v) is 3.53. The van der Waals surface area contributed by atoms with Crippen LogP contribution < -0.4 is 4.74 Å². The topological polar surface area (TPSA) is 22.1 Å². The van der Waals surface area contributed by atoms with Gasteiger partial charge in [0.05, 0.1) is 7.11 Å². The lowest BCUT2D eigenvalue weighted by Gasteiger charge is -2.13. The van der Waals surface area contributed by atoms with Crippen LogP contribution in [0.2, 0.25) is 5.15 Å². The summed E-state index contributed by atoms with van der Waals surface area (Å²) in [6.45, 7) is 2.23. The van der Waals surface area contributed by atoms with Gasteiger partial charge in [-0.15, -0.1) is 0 Å². The fraction of sp³-hybridized carbons (Fsp3) is 0.312. The van der Waals surface area contributed by atoms with E-state index in [1.807, 2.05) is 24.3 Å². The van der Waals surface area contributed by atoms with Crippen molar-refractivity contribution < 1.29 is 4.74 Å². The van der Waals surface area contributed by atoms with Gasteiger partial charge in [-0.3, -0.25) is 0 Å². The van der Waals surface area contributed by atoms with Crippen molar-refractivity contribution in [3.05, 3.63) is 58.9 Å². The van der Waals surface area contributed by atoms with Crippen molar-refractivity contribution in [1.29, 1.82) is 0 Å². The molecule has 1 heterocycles. The normalized spacial score (nSPS) is 12.2. The maximum atomic E-state index is 5.89. The molecule has 0 aliphatic carbocycles. The lowest BCUT2D eigenvalue weighted by Crippen LogP contribution is -1.97. The first-order valence-corrected chi connectivity index (χ1v) is 6.81. The van der Waals surface area contributed by atoms with Crippen molar-refractivity contribution in [3.8, 4) is 5.75 Å². The summed E-state index contributed by atoms with van der Waals surface area (Å²) in [5.74, 6) is 1.40. The van der Waals surface area contributed by atoms with E-state index in [0.29, 0.717) is 11.1 Å². The first-order chi connectivity index (χ1) is 9.19. The molecule has 2 nitrogen and oxygen atoms in total. The molecule has 1 aromatic heterocycles. The quantitative estimate of drug-likeness (QED) is 0.751. The monoisotopic (exact) mass is 275 g/mol. The predicted molar refractivity (Wildman–Crippen MR) is 79.0 cm³/mol. The van der Waals surface area contributed by atoms with E-state index >= 15 is 0 Å². The van der Waals surface area contributed by atoms with Crippen LogP contribution in [-0.2, 0) is 6.42 Å². The molecule has 0 radical (unpaired) electrons. The third kappa shape index (κ3) is 3.97. The number of methoxy groups -OCH3 is 1. The van der Waals surface area contributed by atoms with Gasteiger partial charge in [0.25, 0.3) is 0 Å². The molecule has 0 aliphatic rings. The summed E-state index contributed by atoms with van der Waals surface area (Å²) < 4.78 is 5.26. The van der Waals surface area contributed by atoms with E-state index in [4.69, 9.17) is 16.3 Å². The summed E-state index contributed by atoms with van der Waals surface area (Å²) in [6, 6.07) is 12.2. The Bertz CT molecular complexity index is 542. The third-order valence-electron chi connectivity index (χ3n) is 3.32. The van der Waals surface area contributed by atoms with Gasteiger partial charge in [-0.05, 0) is 54.2 Å². The first kappa shape index (κ1) is 13.9. The molecule has 0 spiro atoms. The van der Waals surface area contributed by atoms with Crippen molar-refractivity contribution >= 4 is 11.6 Å². The van der Waals surface area contributed by atoms with E-state index in [-0.39, 0.29) is 0 Å². The van der Waals surface area contributed by atoms with Crippen LogP contribution in [0.4, 0.5) is 0 Å². The highest BCUT2D eigenvalue weighted by molar-refractivity contribution is 6.29. The molecule has 100 valence electrons. The minimum Gasteiger partial charge on any atom is -0.497 e. The number of benzene rings is 1. The van der Waals surface area contributed by atoms with Gasteiger partial charge in [0, 0.05) is 6.20 Å². The van der Waals surface area contributed by atoms with Gasteiger partial charge in [0.1, 0.15) is 10.9 Å². The minimum absolute atomic E-state index is 0.488. The molecular weight excluding hydrogens is 258 g/mol. The number of aryl methyl sites for hydroxylation is 1. The molecule has 1 aromatic carbocycles. The van der Waals surface area contributed by atoms with Crippen LogP contribution in [0, 0.1) is 0 Å². The number of aromatic nitrogens is 1. The molecule has 0 aliphatic heterocycles. The maximum Gasteiger partial charge on any atom is 0.129 e. The molecule has 19 heavy (non-hydrogen) atoms. The fourth-order valence-electron chi connectivity index (χ4n) is 2.10. The van der Waals surface area contributed by atoms with E-state index < -0.39 is 0 Å². The van der Waals surface area contributed by atoms with Gasteiger partial charge < -0.3 is 4.74 Å². The molecular formula is C16H18ClNO. The zero-order valence-corrected chi connectivity index (χ0v) is 12.0. The van der Waals surface area contributed by atoms with Crippen LogP contribution in [0.3, 0.4) is 0 Å². The Morgan fingerprint density at radius 3 is 2.84 bits per heavy atom. The second kappa shape index (κ2) is 6.58. The van der Waals surface area contributed by atoms with Crippen LogP contribution in [0.1, 0.15) is 30.4 Å². The Kier molecular flexibility index (Phi) is 4.80. The smallest absolute Gasteiger partial charge is 0.129 e. The predicted octanol–water partition coefficient (Wildman–Crippen LogP) is 4.48. The summed E-state index contributed by atoms with van der Waals surface area (Å²) in [4.78, 5) is 4.00. The average Bonchev–Trinajstić information content (AvgIpc) is 2.45. The van der Waals surface area contributed by atoms with Crippen LogP contribution >= 0.6 is 11.6 Å². The van der Waals surface area contributed by atoms with Crippen LogP contribution in [0.15, 0.2) is 42.6 Å². The highest BCUT2D eigenvalue weighted by atomic mass is 35.5. The Morgan fingerprint density at radius 1 is 1.26 bits per heavy atom. The number of pyridine rings is 1. The lowest BCUT2D eigenvalue weighted by molar-refractivity contribution is 0.413. The largest absolute Gasteiger partial charge is 0.497 e. The van der Waals surface area contributed by atoms with Crippen molar-refractivity contribution in [2.75, 3.05) is 7.11 Å². The lowest BCUT2D eigenvalue weighted by atomic mass is 9.94. The van der Waals surface area contributed by atoms with Crippen LogP contribution in [-0.4, -0.2) is 12.1 Å². The fourth-order valence-corrected chi connectivity index (χ4v) is 2.29. The van der Waals surface area contributed by atoms with Gasteiger partial charge in [-0.2, -0.15) is 0 Å². The van der Waals surface area contributed by atoms with Crippen LogP contribution in [0.25, 0.3) is 0 Å². The highest BCUT2D eigenvalue weighted by Gasteiger charge is 2.07. The number of ether oxygens (including phenoxy) is 1. The van der Waals surface area contributed by atoms with E-state index in [1.54, 1.807) is 13.3 Å². The SMILES string of the molecule is COc1cccc([C@@H](C)CCc2ccnc(Cl)c2)c1. The maximum absolute atomic E-state index is 5.89. The van der Waals surface area contributed by atoms with Crippen molar-refractivity contribution in [1.82, 2.24) is 4.98 Å². The molecule has 2 rings (SSSR count). The molecule has 3 heteroatoms. The van der Waals surface area contributed by atoms with Gasteiger partial charge in [-0.25, -0.2) is 4.98 Å². The van der Waals surface area contributed by atoms with Crippen molar-refractivity contribution in [2.45, 2.75) is 25.7 Å². The molecule has 0 bridgehead atoms. The first-order valence-electron chi connectivity index (χ1n) is 6.43. The summed E-state index contributed by atoms with van der Waals surface area (Å²) in [6.07, 6.45) is 3.84. The standard InChI is InChI=1S/C16H18ClNO/c1-12(14-4-3-5-15(11-14)19-2)6-7-13-8-9-18-16(17)10-13/h3-5,8-12H,6-7H2,1-2H3/t12-/m0/s1. The Morgan fingerprint density at radius 2 is 2.11 bits per heavy atom. The highest BCUT2D eigenvalue weighted by Crippen LogP contribution is 2.24. The van der Waals surface area contributed by atoms with Crippen molar-refractivity contribution in [2.24, 2.45) is 0 Å². The average molecular weight is 276 g/mol. The minimum atomic E-state index is 0.488. The number of hydrogen-bond donors (Lipinski definition) is 0. The van der Waals surface area contributed by atoms with E-state index in [9.17, 15) is 0 Å². The zero-order valence-electron chi connectivity index (χ0n) is 11.3. The van der Waals surface area contributed by atoms with Crippen molar-refractivity contribution in [3.63, 3.8) is 0 Å². The molecule has 0 N–H and O–H groups in total. The van der Waals surface area contributed by atoms with Gasteiger partial charge in [0.15, 0.2) is 0 Å². The van der Waals surface area contributed by atoms with Crippen LogP contribution in [0.5, 0.6) is 5.75 Å². The van der Waals surface area contributed by atoms with E-state index in [0.717, 1.165) is 18.6 Å². The second-order valence-corrected chi connectivity index (χ2v) is 5.09. The van der Waals surface area contributed by atoms with Gasteiger partial charge in [-0.1, -0.05) is 30.7 Å². The summed E-state index contributed by atoms with van der Waals surface area (Å²) in [7, 11) is 1.70. The number of halogens is 1. The summed E-state index contributed by atoms with van der Waals surface area (Å²) >= 11 is 5.89. The van der Waals surface area contributed by atoms with Gasteiger partial charge in [0.2, 0.25) is 0 Å². The molecule has 0 saturated carbocycles. The number of rotatable bonds is 5.